The zero-order valence-corrected chi connectivity index (χ0v) is 13.2. The van der Waals surface area contributed by atoms with Gasteiger partial charge in [0.1, 0.15) is 29.0 Å². The van der Waals surface area contributed by atoms with Crippen LogP contribution in [-0.4, -0.2) is 20.2 Å². The zero-order valence-electron chi connectivity index (χ0n) is 13.2. The molecule has 6 heteroatoms. The third-order valence-corrected chi connectivity index (χ3v) is 3.33. The monoisotopic (exact) mass is 322 g/mol. The van der Waals surface area contributed by atoms with E-state index in [0.717, 1.165) is 11.4 Å². The fraction of sp³-hybridized carbons (Fsp3) is 0.111. The maximum atomic E-state index is 9.56. The molecule has 0 aliphatic carbocycles. The summed E-state index contributed by atoms with van der Waals surface area (Å²) in [5.74, 6) is 2.29. The second-order valence-corrected chi connectivity index (χ2v) is 5.26. The Bertz CT molecular complexity index is 786. The molecule has 0 radical (unpaired) electrons. The number of nitrogens with zero attached hydrogens (tertiary/aromatic N) is 2. The molecule has 4 N–H and O–H groups in total. The Kier molecular flexibility index (Phi) is 4.47. The van der Waals surface area contributed by atoms with Crippen molar-refractivity contribution in [1.29, 1.82) is 0 Å². The molecule has 1 aromatic heterocycles. The van der Waals surface area contributed by atoms with Gasteiger partial charge in [-0.3, -0.25) is 0 Å². The van der Waals surface area contributed by atoms with Crippen molar-refractivity contribution in [2.75, 3.05) is 10.6 Å². The van der Waals surface area contributed by atoms with Gasteiger partial charge in [-0.25, -0.2) is 9.97 Å². The Morgan fingerprint density at radius 1 is 0.792 bits per heavy atom. The van der Waals surface area contributed by atoms with Gasteiger partial charge in [-0.05, 0) is 24.3 Å². The highest BCUT2D eigenvalue weighted by Gasteiger charge is 2.05. The van der Waals surface area contributed by atoms with E-state index >= 15 is 0 Å². The summed E-state index contributed by atoms with van der Waals surface area (Å²) >= 11 is 0. The molecule has 6 nitrogen and oxygen atoms in total. The topological polar surface area (TPSA) is 90.3 Å². The predicted octanol–water partition coefficient (Wildman–Crippen LogP) is 3.94. The third kappa shape index (κ3) is 3.92. The van der Waals surface area contributed by atoms with Crippen LogP contribution in [0.5, 0.6) is 11.5 Å². The minimum Gasteiger partial charge on any atom is -0.508 e. The molecule has 0 saturated heterocycles. The van der Waals surface area contributed by atoms with Crippen molar-refractivity contribution in [2.45, 2.75) is 13.3 Å². The van der Waals surface area contributed by atoms with Crippen LogP contribution in [0.2, 0.25) is 0 Å². The number of phenols is 2. The first kappa shape index (κ1) is 15.6. The molecule has 0 bridgehead atoms. The van der Waals surface area contributed by atoms with Crippen LogP contribution < -0.4 is 10.6 Å². The van der Waals surface area contributed by atoms with Gasteiger partial charge < -0.3 is 20.8 Å². The van der Waals surface area contributed by atoms with Crippen LogP contribution in [0.1, 0.15) is 12.7 Å². The Balaban J connectivity index is 1.87. The summed E-state index contributed by atoms with van der Waals surface area (Å²) in [7, 11) is 0. The van der Waals surface area contributed by atoms with Crippen molar-refractivity contribution >= 4 is 23.0 Å². The maximum Gasteiger partial charge on any atom is 0.136 e. The highest BCUT2D eigenvalue weighted by molar-refractivity contribution is 5.64. The van der Waals surface area contributed by atoms with E-state index in [1.807, 2.05) is 19.1 Å². The van der Waals surface area contributed by atoms with Crippen molar-refractivity contribution in [3.05, 3.63) is 60.4 Å². The molecule has 0 saturated carbocycles. The van der Waals surface area contributed by atoms with E-state index < -0.39 is 0 Å². The lowest BCUT2D eigenvalue weighted by Crippen LogP contribution is -2.03. The molecule has 24 heavy (non-hydrogen) atoms. The molecule has 0 atom stereocenters. The largest absolute Gasteiger partial charge is 0.508 e. The van der Waals surface area contributed by atoms with E-state index in [9.17, 15) is 10.2 Å². The number of anilines is 4. The number of benzene rings is 2. The van der Waals surface area contributed by atoms with Crippen LogP contribution in [0.15, 0.2) is 54.6 Å². The van der Waals surface area contributed by atoms with E-state index in [2.05, 4.69) is 20.6 Å². The van der Waals surface area contributed by atoms with Crippen LogP contribution in [-0.2, 0) is 6.42 Å². The molecule has 0 unspecified atom stereocenters. The molecule has 0 aliphatic rings. The molecule has 0 aliphatic heterocycles. The summed E-state index contributed by atoms with van der Waals surface area (Å²) < 4.78 is 0. The van der Waals surface area contributed by atoms with E-state index in [0.29, 0.717) is 23.9 Å². The van der Waals surface area contributed by atoms with Gasteiger partial charge in [-0.2, -0.15) is 0 Å². The SMILES string of the molecule is CCc1nc(Nc2cccc(O)c2)cc(Nc2cccc(O)c2)n1. The molecule has 3 rings (SSSR count). The summed E-state index contributed by atoms with van der Waals surface area (Å²) in [4.78, 5) is 8.89. The predicted molar refractivity (Wildman–Crippen MR) is 94.2 cm³/mol. The molecule has 3 aromatic rings. The number of rotatable bonds is 5. The zero-order chi connectivity index (χ0) is 16.9. The Morgan fingerprint density at radius 3 is 1.71 bits per heavy atom. The van der Waals surface area contributed by atoms with Crippen molar-refractivity contribution < 1.29 is 10.2 Å². The second-order valence-electron chi connectivity index (χ2n) is 5.26. The smallest absolute Gasteiger partial charge is 0.136 e. The average Bonchev–Trinajstić information content (AvgIpc) is 2.54. The Labute approximate surface area is 139 Å². The second kappa shape index (κ2) is 6.87. The lowest BCUT2D eigenvalue weighted by atomic mass is 10.3. The Hall–Kier alpha value is -3.28. The number of hydrogen-bond acceptors (Lipinski definition) is 6. The first-order valence-electron chi connectivity index (χ1n) is 7.62. The van der Waals surface area contributed by atoms with Crippen LogP contribution in [0.25, 0.3) is 0 Å². The van der Waals surface area contributed by atoms with Crippen LogP contribution in [0.4, 0.5) is 23.0 Å². The standard InChI is InChI=1S/C18H18N4O2/c1-2-16-21-17(19-12-5-3-7-14(23)9-12)11-18(22-16)20-13-6-4-8-15(24)10-13/h3-11,23-24H,2H2,1H3,(H2,19,20,21,22). The van der Waals surface area contributed by atoms with Gasteiger partial charge in [0.05, 0.1) is 0 Å². The molecule has 0 fully saturated rings. The van der Waals surface area contributed by atoms with Crippen LogP contribution in [0.3, 0.4) is 0 Å². The lowest BCUT2D eigenvalue weighted by Gasteiger charge is -2.11. The normalized spacial score (nSPS) is 10.4. The highest BCUT2D eigenvalue weighted by atomic mass is 16.3. The quantitative estimate of drug-likeness (QED) is 0.569. The van der Waals surface area contributed by atoms with E-state index in [1.54, 1.807) is 42.5 Å². The number of hydrogen-bond donors (Lipinski definition) is 4. The first-order chi connectivity index (χ1) is 11.6. The lowest BCUT2D eigenvalue weighted by molar-refractivity contribution is 0.475. The van der Waals surface area contributed by atoms with Crippen molar-refractivity contribution in [2.24, 2.45) is 0 Å². The maximum absolute atomic E-state index is 9.56. The minimum atomic E-state index is 0.183. The third-order valence-electron chi connectivity index (χ3n) is 3.33. The molecular formula is C18H18N4O2. The molecule has 0 amide bonds. The van der Waals surface area contributed by atoms with E-state index in [-0.39, 0.29) is 11.5 Å². The highest BCUT2D eigenvalue weighted by Crippen LogP contribution is 2.24. The fourth-order valence-corrected chi connectivity index (χ4v) is 2.25. The number of phenolic OH excluding ortho intramolecular Hbond substituents is 2. The molecule has 2 aromatic carbocycles. The summed E-state index contributed by atoms with van der Waals surface area (Å²) in [5.41, 5.74) is 1.47. The number of aromatic nitrogens is 2. The summed E-state index contributed by atoms with van der Waals surface area (Å²) in [5, 5.41) is 25.4. The summed E-state index contributed by atoms with van der Waals surface area (Å²) in [6, 6.07) is 15.4. The van der Waals surface area contributed by atoms with E-state index in [4.69, 9.17) is 0 Å². The van der Waals surface area contributed by atoms with Crippen LogP contribution in [0, 0.1) is 0 Å². The van der Waals surface area contributed by atoms with Gasteiger partial charge in [0.2, 0.25) is 0 Å². The van der Waals surface area contributed by atoms with Crippen molar-refractivity contribution in [1.82, 2.24) is 9.97 Å². The van der Waals surface area contributed by atoms with E-state index in [1.165, 1.54) is 0 Å². The molecule has 1 heterocycles. The molecule has 0 spiro atoms. The molecule has 122 valence electrons. The van der Waals surface area contributed by atoms with Crippen molar-refractivity contribution in [3.63, 3.8) is 0 Å². The van der Waals surface area contributed by atoms with Gasteiger partial charge >= 0.3 is 0 Å². The van der Waals surface area contributed by atoms with Crippen LogP contribution >= 0.6 is 0 Å². The summed E-state index contributed by atoms with van der Waals surface area (Å²) in [6.45, 7) is 1.98. The van der Waals surface area contributed by atoms with Gasteiger partial charge in [0, 0.05) is 36.0 Å². The van der Waals surface area contributed by atoms with Gasteiger partial charge in [0.15, 0.2) is 0 Å². The number of aromatic hydroxyl groups is 2. The van der Waals surface area contributed by atoms with Crippen molar-refractivity contribution in [3.8, 4) is 11.5 Å². The fourth-order valence-electron chi connectivity index (χ4n) is 2.25. The number of aryl methyl sites for hydroxylation is 1. The Morgan fingerprint density at radius 2 is 1.29 bits per heavy atom. The van der Waals surface area contributed by atoms with Gasteiger partial charge in [0.25, 0.3) is 0 Å². The first-order valence-corrected chi connectivity index (χ1v) is 7.62. The molecular weight excluding hydrogens is 304 g/mol. The number of nitrogens with one attached hydrogen (secondary N) is 2. The minimum absolute atomic E-state index is 0.183. The summed E-state index contributed by atoms with van der Waals surface area (Å²) in [6.07, 6.45) is 0.685. The van der Waals surface area contributed by atoms with Gasteiger partial charge in [-0.1, -0.05) is 19.1 Å². The van der Waals surface area contributed by atoms with Gasteiger partial charge in [-0.15, -0.1) is 0 Å². The average molecular weight is 322 g/mol.